The van der Waals surface area contributed by atoms with Gasteiger partial charge in [0.2, 0.25) is 0 Å². The van der Waals surface area contributed by atoms with Gasteiger partial charge >= 0.3 is 6.61 Å². The summed E-state index contributed by atoms with van der Waals surface area (Å²) in [5.74, 6) is 0.856. The molecule has 19 heavy (non-hydrogen) atoms. The third-order valence-electron chi connectivity index (χ3n) is 3.82. The highest BCUT2D eigenvalue weighted by atomic mass is 19.3. The van der Waals surface area contributed by atoms with Gasteiger partial charge in [0.25, 0.3) is 0 Å². The van der Waals surface area contributed by atoms with Gasteiger partial charge in [-0.15, -0.1) is 0 Å². The zero-order chi connectivity index (χ0) is 13.7. The molecule has 0 amide bonds. The minimum Gasteiger partial charge on any atom is -0.435 e. The molecule has 0 spiro atoms. The number of halogens is 2. The van der Waals surface area contributed by atoms with Crippen LogP contribution in [0.25, 0.3) is 0 Å². The lowest BCUT2D eigenvalue weighted by molar-refractivity contribution is -0.0499. The molecule has 1 saturated carbocycles. The Labute approximate surface area is 112 Å². The van der Waals surface area contributed by atoms with E-state index in [9.17, 15) is 8.78 Å². The number of hydrogen-bond acceptors (Lipinski definition) is 2. The molecule has 0 aromatic heterocycles. The fraction of sp³-hybridized carbons (Fsp3) is 0.600. The van der Waals surface area contributed by atoms with Gasteiger partial charge in [-0.2, -0.15) is 8.78 Å². The highest BCUT2D eigenvalue weighted by molar-refractivity contribution is 5.30. The molecule has 0 heterocycles. The SMILES string of the molecule is NC(CC1CCCCC1)c1cccc(OC(F)F)c1. The van der Waals surface area contributed by atoms with Gasteiger partial charge in [0.1, 0.15) is 5.75 Å². The molecule has 1 fully saturated rings. The van der Waals surface area contributed by atoms with Crippen LogP contribution in [0.15, 0.2) is 24.3 Å². The summed E-state index contributed by atoms with van der Waals surface area (Å²) in [6.07, 6.45) is 7.29. The maximum atomic E-state index is 12.2. The van der Waals surface area contributed by atoms with E-state index < -0.39 is 6.61 Å². The summed E-state index contributed by atoms with van der Waals surface area (Å²) in [7, 11) is 0. The number of nitrogens with two attached hydrogens (primary N) is 1. The van der Waals surface area contributed by atoms with E-state index in [2.05, 4.69) is 4.74 Å². The van der Waals surface area contributed by atoms with Crippen LogP contribution in [-0.4, -0.2) is 6.61 Å². The van der Waals surface area contributed by atoms with Crippen LogP contribution >= 0.6 is 0 Å². The molecule has 2 N–H and O–H groups in total. The summed E-state index contributed by atoms with van der Waals surface area (Å²) in [6.45, 7) is -2.79. The van der Waals surface area contributed by atoms with E-state index in [0.717, 1.165) is 12.0 Å². The highest BCUT2D eigenvalue weighted by Crippen LogP contribution is 2.31. The summed E-state index contributed by atoms with van der Waals surface area (Å²) >= 11 is 0. The van der Waals surface area contributed by atoms with E-state index in [-0.39, 0.29) is 11.8 Å². The summed E-state index contributed by atoms with van der Waals surface area (Å²) < 4.78 is 28.8. The van der Waals surface area contributed by atoms with Gasteiger partial charge in [-0.1, -0.05) is 44.2 Å². The van der Waals surface area contributed by atoms with Crippen molar-refractivity contribution in [3.8, 4) is 5.75 Å². The van der Waals surface area contributed by atoms with Crippen molar-refractivity contribution in [3.05, 3.63) is 29.8 Å². The molecule has 1 aliphatic carbocycles. The topological polar surface area (TPSA) is 35.2 Å². The van der Waals surface area contributed by atoms with Gasteiger partial charge in [0.15, 0.2) is 0 Å². The Kier molecular flexibility index (Phi) is 5.14. The molecule has 2 rings (SSSR count). The first-order valence-corrected chi connectivity index (χ1v) is 6.95. The second-order valence-corrected chi connectivity index (χ2v) is 5.30. The number of rotatable bonds is 5. The molecule has 0 saturated heterocycles. The summed E-state index contributed by atoms with van der Waals surface area (Å²) in [5, 5.41) is 0. The number of alkyl halides is 2. The Hall–Kier alpha value is -1.16. The molecule has 0 radical (unpaired) electrons. The molecule has 1 unspecified atom stereocenters. The fourth-order valence-corrected chi connectivity index (χ4v) is 2.84. The van der Waals surface area contributed by atoms with Crippen LogP contribution in [0.5, 0.6) is 5.75 Å². The average molecular weight is 269 g/mol. The van der Waals surface area contributed by atoms with E-state index >= 15 is 0 Å². The lowest BCUT2D eigenvalue weighted by Gasteiger charge is -2.24. The lowest BCUT2D eigenvalue weighted by atomic mass is 9.83. The van der Waals surface area contributed by atoms with E-state index in [1.807, 2.05) is 6.07 Å². The Morgan fingerprint density at radius 3 is 2.63 bits per heavy atom. The first-order chi connectivity index (χ1) is 9.15. The molecule has 1 aliphatic rings. The maximum absolute atomic E-state index is 12.2. The van der Waals surface area contributed by atoms with Crippen molar-refractivity contribution in [1.82, 2.24) is 0 Å². The van der Waals surface area contributed by atoms with Crippen LogP contribution in [-0.2, 0) is 0 Å². The van der Waals surface area contributed by atoms with Crippen LogP contribution in [0.4, 0.5) is 8.78 Å². The predicted molar refractivity (Wildman–Crippen MR) is 71.2 cm³/mol. The summed E-state index contributed by atoms with van der Waals surface area (Å²) in [5.41, 5.74) is 7.06. The van der Waals surface area contributed by atoms with Crippen molar-refractivity contribution in [2.75, 3.05) is 0 Å². The second-order valence-electron chi connectivity index (χ2n) is 5.30. The monoisotopic (exact) mass is 269 g/mol. The third-order valence-corrected chi connectivity index (χ3v) is 3.82. The minimum atomic E-state index is -2.79. The van der Waals surface area contributed by atoms with Gasteiger partial charge in [-0.05, 0) is 30.0 Å². The predicted octanol–water partition coefficient (Wildman–Crippen LogP) is 4.26. The Morgan fingerprint density at radius 2 is 1.95 bits per heavy atom. The largest absolute Gasteiger partial charge is 0.435 e. The van der Waals surface area contributed by atoms with Crippen molar-refractivity contribution in [1.29, 1.82) is 0 Å². The third kappa shape index (κ3) is 4.46. The molecule has 0 aliphatic heterocycles. The van der Waals surface area contributed by atoms with Crippen LogP contribution in [0.3, 0.4) is 0 Å². The van der Waals surface area contributed by atoms with Crippen molar-refractivity contribution in [3.63, 3.8) is 0 Å². The Bertz CT molecular complexity index is 391. The first kappa shape index (κ1) is 14.3. The second kappa shape index (κ2) is 6.85. The molecule has 1 aromatic rings. The minimum absolute atomic E-state index is 0.0932. The van der Waals surface area contributed by atoms with Gasteiger partial charge in [-0.25, -0.2) is 0 Å². The first-order valence-electron chi connectivity index (χ1n) is 6.95. The van der Waals surface area contributed by atoms with Crippen molar-refractivity contribution in [2.24, 2.45) is 11.7 Å². The van der Waals surface area contributed by atoms with E-state index in [1.54, 1.807) is 12.1 Å². The van der Waals surface area contributed by atoms with Crippen LogP contribution in [0, 0.1) is 5.92 Å². The average Bonchev–Trinajstić information content (AvgIpc) is 2.39. The lowest BCUT2D eigenvalue weighted by Crippen LogP contribution is -2.17. The maximum Gasteiger partial charge on any atom is 0.387 e. The number of benzene rings is 1. The molecular weight excluding hydrogens is 248 g/mol. The van der Waals surface area contributed by atoms with Crippen LogP contribution in [0.2, 0.25) is 0 Å². The zero-order valence-electron chi connectivity index (χ0n) is 11.0. The van der Waals surface area contributed by atoms with Crippen molar-refractivity contribution in [2.45, 2.75) is 51.2 Å². The molecule has 2 nitrogen and oxygen atoms in total. The standard InChI is InChI=1S/C15H21F2NO/c16-15(17)19-13-8-4-7-12(10-13)14(18)9-11-5-2-1-3-6-11/h4,7-8,10-11,14-15H,1-3,5-6,9,18H2. The van der Waals surface area contributed by atoms with Crippen LogP contribution in [0.1, 0.15) is 50.1 Å². The molecule has 1 aromatic carbocycles. The molecule has 1 atom stereocenters. The van der Waals surface area contributed by atoms with Crippen molar-refractivity contribution >= 4 is 0 Å². The Morgan fingerprint density at radius 1 is 1.21 bits per heavy atom. The quantitative estimate of drug-likeness (QED) is 0.867. The molecule has 4 heteroatoms. The van der Waals surface area contributed by atoms with E-state index in [0.29, 0.717) is 5.92 Å². The molecule has 106 valence electrons. The van der Waals surface area contributed by atoms with Crippen molar-refractivity contribution < 1.29 is 13.5 Å². The summed E-state index contributed by atoms with van der Waals surface area (Å²) in [6, 6.07) is 6.66. The van der Waals surface area contributed by atoms with Gasteiger partial charge in [0.05, 0.1) is 0 Å². The normalized spacial score (nSPS) is 18.5. The van der Waals surface area contributed by atoms with E-state index in [4.69, 9.17) is 5.73 Å². The highest BCUT2D eigenvalue weighted by Gasteiger charge is 2.18. The van der Waals surface area contributed by atoms with Crippen LogP contribution < -0.4 is 10.5 Å². The molecular formula is C15H21F2NO. The van der Waals surface area contributed by atoms with Gasteiger partial charge in [-0.3, -0.25) is 0 Å². The summed E-state index contributed by atoms with van der Waals surface area (Å²) in [4.78, 5) is 0. The smallest absolute Gasteiger partial charge is 0.387 e. The number of ether oxygens (including phenoxy) is 1. The van der Waals surface area contributed by atoms with E-state index in [1.165, 1.54) is 38.2 Å². The zero-order valence-corrected chi connectivity index (χ0v) is 11.0. The number of hydrogen-bond donors (Lipinski definition) is 1. The van der Waals surface area contributed by atoms with Gasteiger partial charge < -0.3 is 10.5 Å². The fourth-order valence-electron chi connectivity index (χ4n) is 2.84. The van der Waals surface area contributed by atoms with Gasteiger partial charge in [0, 0.05) is 6.04 Å². The molecule has 0 bridgehead atoms. The Balaban J connectivity index is 1.95.